The summed E-state index contributed by atoms with van der Waals surface area (Å²) in [7, 11) is -2.10. The molecular weight excluding hydrogens is 542 g/mol. The Bertz CT molecular complexity index is 1500. The summed E-state index contributed by atoms with van der Waals surface area (Å²) in [6.45, 7) is 7.62. The molecule has 0 radical (unpaired) electrons. The highest BCUT2D eigenvalue weighted by Crippen LogP contribution is 2.29. The minimum absolute atomic E-state index is 0.166. The Labute approximate surface area is 233 Å². The minimum Gasteiger partial charge on any atom is -0.495 e. The number of nitrogens with zero attached hydrogens (tertiary/aromatic N) is 4. The maximum Gasteiger partial charge on any atom is 0.316 e. The molecule has 39 heavy (non-hydrogen) atoms. The first-order valence-corrected chi connectivity index (χ1v) is 14.5. The third-order valence-electron chi connectivity index (χ3n) is 6.24. The van der Waals surface area contributed by atoms with Crippen LogP contribution in [0.5, 0.6) is 11.5 Å². The Hall–Kier alpha value is -3.28. The quantitative estimate of drug-likeness (QED) is 0.405. The third-order valence-corrected chi connectivity index (χ3v) is 8.32. The van der Waals surface area contributed by atoms with E-state index in [2.05, 4.69) is 5.10 Å². The largest absolute Gasteiger partial charge is 0.495 e. The van der Waals surface area contributed by atoms with Gasteiger partial charge >= 0.3 is 5.56 Å². The SMILES string of the molecule is COc1cc(CS(=O)(=O)N2CCN(c3cnn(-c4cccc(Cl)c4)c(=O)c3OCC(C)(C)C)CC2)ccc1N. The van der Waals surface area contributed by atoms with Crippen LogP contribution in [0.25, 0.3) is 5.69 Å². The zero-order valence-electron chi connectivity index (χ0n) is 22.6. The van der Waals surface area contributed by atoms with Crippen molar-refractivity contribution < 1.29 is 17.9 Å². The van der Waals surface area contributed by atoms with Crippen molar-refractivity contribution in [1.29, 1.82) is 0 Å². The molecule has 1 aliphatic rings. The highest BCUT2D eigenvalue weighted by atomic mass is 35.5. The molecule has 1 aromatic heterocycles. The number of hydrogen-bond acceptors (Lipinski definition) is 8. The maximum absolute atomic E-state index is 13.5. The van der Waals surface area contributed by atoms with E-state index in [9.17, 15) is 13.2 Å². The van der Waals surface area contributed by atoms with Crippen LogP contribution >= 0.6 is 11.6 Å². The van der Waals surface area contributed by atoms with Gasteiger partial charge in [0.15, 0.2) is 0 Å². The van der Waals surface area contributed by atoms with Crippen LogP contribution in [-0.4, -0.2) is 62.4 Å². The van der Waals surface area contributed by atoms with Gasteiger partial charge in [-0.2, -0.15) is 14.1 Å². The molecular formula is C27H34ClN5O5S. The number of aromatic nitrogens is 2. The van der Waals surface area contributed by atoms with Crippen molar-refractivity contribution >= 4 is 33.0 Å². The number of halogens is 1. The molecule has 12 heteroatoms. The van der Waals surface area contributed by atoms with Crippen LogP contribution in [0.4, 0.5) is 11.4 Å². The van der Waals surface area contributed by atoms with E-state index in [1.807, 2.05) is 25.7 Å². The summed E-state index contributed by atoms with van der Waals surface area (Å²) < 4.78 is 40.4. The van der Waals surface area contributed by atoms with E-state index in [1.54, 1.807) is 48.7 Å². The van der Waals surface area contributed by atoms with Crippen molar-refractivity contribution in [3.05, 3.63) is 69.6 Å². The molecule has 0 bridgehead atoms. The number of hydrogen-bond donors (Lipinski definition) is 1. The Balaban J connectivity index is 1.56. The fourth-order valence-corrected chi connectivity index (χ4v) is 5.91. The second-order valence-corrected chi connectivity index (χ2v) is 13.0. The van der Waals surface area contributed by atoms with Gasteiger partial charge in [0, 0.05) is 31.2 Å². The van der Waals surface area contributed by atoms with Crippen LogP contribution in [0.15, 0.2) is 53.5 Å². The molecule has 2 aromatic carbocycles. The van der Waals surface area contributed by atoms with Crippen molar-refractivity contribution in [3.8, 4) is 17.2 Å². The van der Waals surface area contributed by atoms with Gasteiger partial charge in [0.05, 0.1) is 37.0 Å². The van der Waals surface area contributed by atoms with Crippen molar-refractivity contribution in [3.63, 3.8) is 0 Å². The summed E-state index contributed by atoms with van der Waals surface area (Å²) in [5.41, 5.74) is 7.35. The lowest BCUT2D eigenvalue weighted by Gasteiger charge is -2.36. The van der Waals surface area contributed by atoms with E-state index < -0.39 is 15.6 Å². The number of rotatable bonds is 8. The number of sulfonamides is 1. The third kappa shape index (κ3) is 6.84. The zero-order valence-corrected chi connectivity index (χ0v) is 24.1. The summed E-state index contributed by atoms with van der Waals surface area (Å²) in [6.07, 6.45) is 1.59. The fourth-order valence-electron chi connectivity index (χ4n) is 4.23. The van der Waals surface area contributed by atoms with Crippen molar-refractivity contribution in [2.24, 2.45) is 5.41 Å². The Morgan fingerprint density at radius 3 is 2.44 bits per heavy atom. The van der Waals surface area contributed by atoms with E-state index >= 15 is 0 Å². The summed E-state index contributed by atoms with van der Waals surface area (Å²) >= 11 is 6.14. The zero-order chi connectivity index (χ0) is 28.4. The van der Waals surface area contributed by atoms with Gasteiger partial charge in [0.1, 0.15) is 11.4 Å². The van der Waals surface area contributed by atoms with Gasteiger partial charge < -0.3 is 20.1 Å². The van der Waals surface area contributed by atoms with Crippen LogP contribution in [0.3, 0.4) is 0 Å². The Morgan fingerprint density at radius 1 is 1.08 bits per heavy atom. The smallest absolute Gasteiger partial charge is 0.316 e. The molecule has 0 unspecified atom stereocenters. The molecule has 4 rings (SSSR count). The second-order valence-electron chi connectivity index (χ2n) is 10.6. The Kier molecular flexibility index (Phi) is 8.43. The first-order chi connectivity index (χ1) is 18.4. The monoisotopic (exact) mass is 575 g/mol. The van der Waals surface area contributed by atoms with Gasteiger partial charge in [-0.15, -0.1) is 0 Å². The highest BCUT2D eigenvalue weighted by molar-refractivity contribution is 7.88. The molecule has 0 aliphatic carbocycles. The van der Waals surface area contributed by atoms with E-state index in [4.69, 9.17) is 26.8 Å². The lowest BCUT2D eigenvalue weighted by Crippen LogP contribution is -2.49. The molecule has 0 spiro atoms. The molecule has 1 saturated heterocycles. The van der Waals surface area contributed by atoms with Crippen LogP contribution in [0, 0.1) is 5.41 Å². The molecule has 0 atom stereocenters. The van der Waals surface area contributed by atoms with Gasteiger partial charge in [0.25, 0.3) is 0 Å². The predicted molar refractivity (Wildman–Crippen MR) is 154 cm³/mol. The van der Waals surface area contributed by atoms with Crippen LogP contribution < -0.4 is 25.7 Å². The first kappa shape index (κ1) is 28.7. The number of nitrogens with two attached hydrogens (primary N) is 1. The molecule has 2 N–H and O–H groups in total. The van der Waals surface area contributed by atoms with Gasteiger partial charge in [0.2, 0.25) is 15.8 Å². The van der Waals surface area contributed by atoms with E-state index in [0.717, 1.165) is 0 Å². The molecule has 0 saturated carbocycles. The highest BCUT2D eigenvalue weighted by Gasteiger charge is 2.30. The van der Waals surface area contributed by atoms with Gasteiger partial charge in [-0.3, -0.25) is 4.79 Å². The number of ether oxygens (including phenoxy) is 2. The molecule has 1 aliphatic heterocycles. The Morgan fingerprint density at radius 2 is 1.79 bits per heavy atom. The van der Waals surface area contributed by atoms with Crippen molar-refractivity contribution in [2.45, 2.75) is 26.5 Å². The number of nitrogen functional groups attached to an aromatic ring is 1. The number of anilines is 2. The lowest BCUT2D eigenvalue weighted by atomic mass is 9.99. The van der Waals surface area contributed by atoms with Crippen LogP contribution in [0.2, 0.25) is 5.02 Å². The molecule has 2 heterocycles. The average Bonchev–Trinajstić information content (AvgIpc) is 2.88. The second kappa shape index (κ2) is 11.4. The van der Waals surface area contributed by atoms with E-state index in [-0.39, 0.29) is 30.0 Å². The van der Waals surface area contributed by atoms with Gasteiger partial charge in [-0.1, -0.05) is 44.5 Å². The predicted octanol–water partition coefficient (Wildman–Crippen LogP) is 3.55. The summed E-state index contributed by atoms with van der Waals surface area (Å²) in [4.78, 5) is 15.5. The van der Waals surface area contributed by atoms with Crippen LogP contribution in [-0.2, 0) is 15.8 Å². The fraction of sp³-hybridized carbons (Fsp3) is 0.407. The summed E-state index contributed by atoms with van der Waals surface area (Å²) in [5, 5.41) is 4.87. The van der Waals surface area contributed by atoms with Gasteiger partial charge in [-0.25, -0.2) is 8.42 Å². The summed E-state index contributed by atoms with van der Waals surface area (Å²) in [5.74, 6) is 0.446. The topological polar surface area (TPSA) is 120 Å². The van der Waals surface area contributed by atoms with Crippen molar-refractivity contribution in [1.82, 2.24) is 14.1 Å². The number of methoxy groups -OCH3 is 1. The maximum atomic E-state index is 13.5. The standard InChI is InChI=1S/C27H34ClN5O5S/c1-27(2,3)18-38-25-23(16-30-33(26(25)34)21-7-5-6-20(28)15-21)31-10-12-32(13-11-31)39(35,36)17-19-8-9-22(29)24(14-19)37-4/h5-9,14-16H,10-13,17-18,29H2,1-4H3. The van der Waals surface area contributed by atoms with E-state index in [0.29, 0.717) is 53.1 Å². The van der Waals surface area contributed by atoms with Crippen LogP contribution in [0.1, 0.15) is 26.3 Å². The average molecular weight is 576 g/mol. The molecule has 10 nitrogen and oxygen atoms in total. The summed E-state index contributed by atoms with van der Waals surface area (Å²) in [6, 6.07) is 11.8. The van der Waals surface area contributed by atoms with E-state index in [1.165, 1.54) is 16.1 Å². The lowest BCUT2D eigenvalue weighted by molar-refractivity contribution is 0.195. The number of piperazine rings is 1. The van der Waals surface area contributed by atoms with Crippen molar-refractivity contribution in [2.75, 3.05) is 50.5 Å². The normalized spacial score (nSPS) is 14.8. The molecule has 0 amide bonds. The first-order valence-electron chi connectivity index (χ1n) is 12.5. The van der Waals surface area contributed by atoms with Gasteiger partial charge in [-0.05, 0) is 41.3 Å². The molecule has 1 fully saturated rings. The molecule has 3 aromatic rings. The number of benzene rings is 2. The minimum atomic E-state index is -3.59. The molecule has 210 valence electrons.